The SMILES string of the molecule is COc1ccc([C@H](CNC(=S)Nc2cc(C)ccc2C)N2CCCCC2)cc1. The predicted octanol–water partition coefficient (Wildman–Crippen LogP) is 4.83. The minimum Gasteiger partial charge on any atom is -0.497 e. The van der Waals surface area contributed by atoms with Gasteiger partial charge in [0.05, 0.1) is 13.2 Å². The molecule has 0 radical (unpaired) electrons. The number of nitrogens with zero attached hydrogens (tertiary/aromatic N) is 1. The zero-order valence-electron chi connectivity index (χ0n) is 17.1. The van der Waals surface area contributed by atoms with Crippen molar-refractivity contribution < 1.29 is 4.74 Å². The van der Waals surface area contributed by atoms with E-state index >= 15 is 0 Å². The Kier molecular flexibility index (Phi) is 7.29. The maximum atomic E-state index is 5.59. The minimum atomic E-state index is 0.296. The molecule has 1 fully saturated rings. The summed E-state index contributed by atoms with van der Waals surface area (Å²) < 4.78 is 5.32. The molecule has 1 aliphatic heterocycles. The van der Waals surface area contributed by atoms with Gasteiger partial charge in [-0.1, -0.05) is 30.7 Å². The molecule has 28 heavy (non-hydrogen) atoms. The molecule has 0 amide bonds. The molecular weight excluding hydrogens is 366 g/mol. The Labute approximate surface area is 174 Å². The van der Waals surface area contributed by atoms with Crippen LogP contribution >= 0.6 is 12.2 Å². The van der Waals surface area contributed by atoms with Gasteiger partial charge in [-0.05, 0) is 86.9 Å². The smallest absolute Gasteiger partial charge is 0.170 e. The van der Waals surface area contributed by atoms with Gasteiger partial charge in [0.15, 0.2) is 5.11 Å². The van der Waals surface area contributed by atoms with E-state index in [0.717, 1.165) is 31.1 Å². The van der Waals surface area contributed by atoms with Crippen LogP contribution in [0.25, 0.3) is 0 Å². The Hall–Kier alpha value is -2.11. The van der Waals surface area contributed by atoms with E-state index < -0.39 is 0 Å². The molecule has 2 aromatic carbocycles. The van der Waals surface area contributed by atoms with Crippen LogP contribution in [0.4, 0.5) is 5.69 Å². The van der Waals surface area contributed by atoms with Crippen molar-refractivity contribution in [2.24, 2.45) is 0 Å². The molecule has 0 spiro atoms. The highest BCUT2D eigenvalue weighted by molar-refractivity contribution is 7.80. The fraction of sp³-hybridized carbons (Fsp3) is 0.435. The molecule has 2 N–H and O–H groups in total. The second-order valence-corrected chi connectivity index (χ2v) is 7.95. The van der Waals surface area contributed by atoms with Crippen molar-refractivity contribution in [3.05, 3.63) is 59.2 Å². The topological polar surface area (TPSA) is 36.5 Å². The number of benzene rings is 2. The van der Waals surface area contributed by atoms with Crippen molar-refractivity contribution in [3.63, 3.8) is 0 Å². The van der Waals surface area contributed by atoms with Crippen molar-refractivity contribution in [1.82, 2.24) is 10.2 Å². The lowest BCUT2D eigenvalue weighted by Gasteiger charge is -2.35. The highest BCUT2D eigenvalue weighted by Crippen LogP contribution is 2.26. The first-order chi connectivity index (χ1) is 13.6. The van der Waals surface area contributed by atoms with Crippen molar-refractivity contribution in [2.75, 3.05) is 32.1 Å². The van der Waals surface area contributed by atoms with Gasteiger partial charge in [0, 0.05) is 12.2 Å². The van der Waals surface area contributed by atoms with E-state index in [2.05, 4.69) is 59.7 Å². The number of piperidine rings is 1. The van der Waals surface area contributed by atoms with Crippen LogP contribution in [-0.2, 0) is 0 Å². The zero-order chi connectivity index (χ0) is 19.9. The molecule has 1 heterocycles. The van der Waals surface area contributed by atoms with E-state index in [1.165, 1.54) is 36.0 Å². The van der Waals surface area contributed by atoms with Gasteiger partial charge in [0.2, 0.25) is 0 Å². The summed E-state index contributed by atoms with van der Waals surface area (Å²) in [6.07, 6.45) is 3.85. The third-order valence-electron chi connectivity index (χ3n) is 5.43. The van der Waals surface area contributed by atoms with Gasteiger partial charge in [-0.25, -0.2) is 0 Å². The number of aryl methyl sites for hydroxylation is 2. The number of nitrogens with one attached hydrogen (secondary N) is 2. The number of hydrogen-bond donors (Lipinski definition) is 2. The van der Waals surface area contributed by atoms with E-state index in [0.29, 0.717) is 11.2 Å². The molecule has 4 nitrogen and oxygen atoms in total. The molecule has 3 rings (SSSR count). The second-order valence-electron chi connectivity index (χ2n) is 7.54. The summed E-state index contributed by atoms with van der Waals surface area (Å²) in [5.41, 5.74) is 4.78. The molecule has 0 unspecified atom stereocenters. The quantitative estimate of drug-likeness (QED) is 0.683. The fourth-order valence-corrected chi connectivity index (χ4v) is 3.93. The van der Waals surface area contributed by atoms with Gasteiger partial charge in [0.25, 0.3) is 0 Å². The van der Waals surface area contributed by atoms with E-state index in [1.807, 2.05) is 12.1 Å². The normalized spacial score (nSPS) is 15.7. The van der Waals surface area contributed by atoms with Gasteiger partial charge >= 0.3 is 0 Å². The second kappa shape index (κ2) is 9.89. The molecule has 0 saturated carbocycles. The lowest BCUT2D eigenvalue weighted by Crippen LogP contribution is -2.41. The minimum absolute atomic E-state index is 0.296. The predicted molar refractivity (Wildman–Crippen MR) is 121 cm³/mol. The summed E-state index contributed by atoms with van der Waals surface area (Å²) >= 11 is 5.59. The van der Waals surface area contributed by atoms with Crippen LogP contribution in [0.5, 0.6) is 5.75 Å². The lowest BCUT2D eigenvalue weighted by atomic mass is 10.0. The van der Waals surface area contributed by atoms with Crippen molar-refractivity contribution in [3.8, 4) is 5.75 Å². The Balaban J connectivity index is 1.68. The molecule has 2 aromatic rings. The molecule has 0 aromatic heterocycles. The summed E-state index contributed by atoms with van der Waals surface area (Å²) in [5, 5.41) is 7.48. The summed E-state index contributed by atoms with van der Waals surface area (Å²) in [6, 6.07) is 15.1. The molecule has 150 valence electrons. The number of ether oxygens (including phenoxy) is 1. The maximum Gasteiger partial charge on any atom is 0.170 e. The third kappa shape index (κ3) is 5.46. The standard InChI is InChI=1S/C23H31N3OS/c1-17-7-8-18(2)21(15-17)25-23(28)24-16-22(26-13-5-4-6-14-26)19-9-11-20(27-3)12-10-19/h7-12,15,22H,4-6,13-14,16H2,1-3H3,(H2,24,25,28)/t22-/m0/s1. The molecule has 1 atom stereocenters. The average molecular weight is 398 g/mol. The first-order valence-electron chi connectivity index (χ1n) is 10.1. The van der Waals surface area contributed by atoms with Crippen LogP contribution in [0.2, 0.25) is 0 Å². The Morgan fingerprint density at radius 1 is 1.07 bits per heavy atom. The Morgan fingerprint density at radius 2 is 1.79 bits per heavy atom. The van der Waals surface area contributed by atoms with Crippen molar-refractivity contribution >= 4 is 23.0 Å². The summed E-state index contributed by atoms with van der Waals surface area (Å²) in [6.45, 7) is 7.24. The molecule has 5 heteroatoms. The van der Waals surface area contributed by atoms with Crippen LogP contribution in [0.3, 0.4) is 0 Å². The van der Waals surface area contributed by atoms with Crippen LogP contribution in [0.1, 0.15) is 42.0 Å². The molecule has 1 aliphatic rings. The van der Waals surface area contributed by atoms with E-state index in [1.54, 1.807) is 7.11 Å². The summed E-state index contributed by atoms with van der Waals surface area (Å²) in [4.78, 5) is 2.57. The number of methoxy groups -OCH3 is 1. The highest BCUT2D eigenvalue weighted by Gasteiger charge is 2.22. The number of likely N-dealkylation sites (tertiary alicyclic amines) is 1. The van der Waals surface area contributed by atoms with Crippen LogP contribution in [-0.4, -0.2) is 36.8 Å². The average Bonchev–Trinajstić information content (AvgIpc) is 2.72. The third-order valence-corrected chi connectivity index (χ3v) is 5.68. The molecule has 0 aliphatic carbocycles. The van der Waals surface area contributed by atoms with E-state index in [9.17, 15) is 0 Å². The van der Waals surface area contributed by atoms with E-state index in [-0.39, 0.29) is 0 Å². The van der Waals surface area contributed by atoms with E-state index in [4.69, 9.17) is 17.0 Å². The van der Waals surface area contributed by atoms with Gasteiger partial charge < -0.3 is 15.4 Å². The zero-order valence-corrected chi connectivity index (χ0v) is 17.9. The number of hydrogen-bond acceptors (Lipinski definition) is 3. The van der Waals surface area contributed by atoms with Crippen LogP contribution in [0.15, 0.2) is 42.5 Å². The first-order valence-corrected chi connectivity index (χ1v) is 10.5. The van der Waals surface area contributed by atoms with Crippen molar-refractivity contribution in [2.45, 2.75) is 39.2 Å². The maximum absolute atomic E-state index is 5.59. The summed E-state index contributed by atoms with van der Waals surface area (Å²) in [5.74, 6) is 0.890. The molecule has 1 saturated heterocycles. The number of thiocarbonyl (C=S) groups is 1. The number of anilines is 1. The van der Waals surface area contributed by atoms with Crippen molar-refractivity contribution in [1.29, 1.82) is 0 Å². The van der Waals surface area contributed by atoms with Crippen LogP contribution < -0.4 is 15.4 Å². The summed E-state index contributed by atoms with van der Waals surface area (Å²) in [7, 11) is 1.70. The largest absolute Gasteiger partial charge is 0.497 e. The van der Waals surface area contributed by atoms with Gasteiger partial charge in [0.1, 0.15) is 5.75 Å². The fourth-order valence-electron chi connectivity index (χ4n) is 3.74. The monoisotopic (exact) mass is 397 g/mol. The van der Waals surface area contributed by atoms with Gasteiger partial charge in [-0.3, -0.25) is 4.90 Å². The first kappa shape index (κ1) is 20.6. The molecule has 0 bridgehead atoms. The highest BCUT2D eigenvalue weighted by atomic mass is 32.1. The van der Waals surface area contributed by atoms with Gasteiger partial charge in [-0.2, -0.15) is 0 Å². The lowest BCUT2D eigenvalue weighted by molar-refractivity contribution is 0.164. The Morgan fingerprint density at radius 3 is 2.46 bits per heavy atom. The Bertz CT molecular complexity index is 785. The van der Waals surface area contributed by atoms with Gasteiger partial charge in [-0.15, -0.1) is 0 Å². The van der Waals surface area contributed by atoms with Crippen LogP contribution in [0, 0.1) is 13.8 Å². The number of rotatable bonds is 6. The molecular formula is C23H31N3OS.